The number of nitrogens with two attached hydrogens (primary N) is 1. The van der Waals surface area contributed by atoms with Crippen LogP contribution in [0.1, 0.15) is 6.42 Å². The maximum atomic E-state index is 11.6. The van der Waals surface area contributed by atoms with Crippen LogP contribution in [0.3, 0.4) is 0 Å². The lowest BCUT2D eigenvalue weighted by molar-refractivity contribution is 0.597. The van der Waals surface area contributed by atoms with E-state index in [-0.39, 0.29) is 11.5 Å². The number of nitrogens with zero attached hydrogens (tertiary/aromatic N) is 4. The van der Waals surface area contributed by atoms with Crippen molar-refractivity contribution in [2.24, 2.45) is 0 Å². The van der Waals surface area contributed by atoms with Crippen molar-refractivity contribution in [1.82, 2.24) is 15.0 Å². The lowest BCUT2D eigenvalue weighted by atomic mass is 10.4. The molecular weight excluding hydrogens is 286 g/mol. The van der Waals surface area contributed by atoms with Crippen LogP contribution in [-0.4, -0.2) is 48.0 Å². The van der Waals surface area contributed by atoms with Gasteiger partial charge in [0.2, 0.25) is 5.95 Å². The third-order valence-electron chi connectivity index (χ3n) is 2.99. The fourth-order valence-corrected chi connectivity index (χ4v) is 3.98. The van der Waals surface area contributed by atoms with Crippen LogP contribution >= 0.6 is 11.3 Å². The monoisotopic (exact) mass is 299 g/mol. The van der Waals surface area contributed by atoms with Crippen molar-refractivity contribution in [2.45, 2.75) is 6.42 Å². The highest BCUT2D eigenvalue weighted by Crippen LogP contribution is 2.23. The minimum Gasteiger partial charge on any atom is -0.375 e. The highest BCUT2D eigenvalue weighted by Gasteiger charge is 2.21. The second-order valence-electron chi connectivity index (χ2n) is 4.40. The van der Waals surface area contributed by atoms with E-state index in [1.165, 1.54) is 11.3 Å². The van der Waals surface area contributed by atoms with E-state index < -0.39 is 9.84 Å². The number of rotatable bonds is 1. The van der Waals surface area contributed by atoms with Crippen LogP contribution in [0.15, 0.2) is 6.20 Å². The highest BCUT2D eigenvalue weighted by atomic mass is 32.2. The summed E-state index contributed by atoms with van der Waals surface area (Å²) in [6, 6.07) is 0. The standard InChI is InChI=1S/C10H13N5O2S2/c11-9-13-7-6-12-10(14-8(7)18-9)15-2-1-4-19(16,17)5-3-15/h6H,1-5H2,(H2,11,13). The first kappa shape index (κ1) is 12.5. The van der Waals surface area contributed by atoms with Crippen LogP contribution in [-0.2, 0) is 9.84 Å². The zero-order valence-corrected chi connectivity index (χ0v) is 11.7. The number of sulfone groups is 1. The molecule has 3 rings (SSSR count). The minimum absolute atomic E-state index is 0.152. The molecule has 0 atom stereocenters. The van der Waals surface area contributed by atoms with Crippen LogP contribution < -0.4 is 10.6 Å². The highest BCUT2D eigenvalue weighted by molar-refractivity contribution is 7.91. The first-order valence-corrected chi connectivity index (χ1v) is 8.52. The molecule has 1 fully saturated rings. The molecule has 1 aliphatic rings. The van der Waals surface area contributed by atoms with Gasteiger partial charge >= 0.3 is 0 Å². The third kappa shape index (κ3) is 2.61. The number of thiazole rings is 1. The average molecular weight is 299 g/mol. The zero-order chi connectivity index (χ0) is 13.5. The molecule has 2 aromatic heterocycles. The van der Waals surface area contributed by atoms with E-state index in [1.807, 2.05) is 4.90 Å². The quantitative estimate of drug-likeness (QED) is 0.807. The van der Waals surface area contributed by atoms with Gasteiger partial charge in [0, 0.05) is 13.1 Å². The van der Waals surface area contributed by atoms with E-state index in [0.29, 0.717) is 36.1 Å². The van der Waals surface area contributed by atoms with Gasteiger partial charge in [0.25, 0.3) is 0 Å². The molecule has 19 heavy (non-hydrogen) atoms. The minimum atomic E-state index is -2.93. The van der Waals surface area contributed by atoms with Gasteiger partial charge in [0.05, 0.1) is 17.7 Å². The smallest absolute Gasteiger partial charge is 0.226 e. The van der Waals surface area contributed by atoms with Crippen LogP contribution in [0, 0.1) is 0 Å². The van der Waals surface area contributed by atoms with Crippen molar-refractivity contribution in [3.8, 4) is 0 Å². The van der Waals surface area contributed by atoms with Gasteiger partial charge in [-0.05, 0) is 6.42 Å². The van der Waals surface area contributed by atoms with Crippen molar-refractivity contribution < 1.29 is 8.42 Å². The predicted octanol–water partition coefficient (Wildman–Crippen LogP) is 0.293. The Balaban J connectivity index is 1.91. The molecule has 0 spiro atoms. The molecule has 2 N–H and O–H groups in total. The molecule has 0 saturated carbocycles. The topological polar surface area (TPSA) is 102 Å². The van der Waals surface area contributed by atoms with Crippen molar-refractivity contribution in [2.75, 3.05) is 35.2 Å². The molecule has 0 bridgehead atoms. The van der Waals surface area contributed by atoms with Crippen molar-refractivity contribution in [3.63, 3.8) is 0 Å². The predicted molar refractivity (Wildman–Crippen MR) is 75.1 cm³/mol. The maximum Gasteiger partial charge on any atom is 0.226 e. The largest absolute Gasteiger partial charge is 0.375 e. The Morgan fingerprint density at radius 1 is 1.26 bits per heavy atom. The molecule has 102 valence electrons. The Morgan fingerprint density at radius 3 is 2.95 bits per heavy atom. The van der Waals surface area contributed by atoms with E-state index in [0.717, 1.165) is 4.83 Å². The SMILES string of the molecule is Nc1nc2cnc(N3CCCS(=O)(=O)CC3)nc2s1. The molecule has 0 aromatic carbocycles. The fraction of sp³-hybridized carbons (Fsp3) is 0.500. The molecule has 3 heterocycles. The molecule has 9 heteroatoms. The number of fused-ring (bicyclic) bond motifs is 1. The normalized spacial score (nSPS) is 19.5. The van der Waals surface area contributed by atoms with Crippen molar-refractivity contribution in [3.05, 3.63) is 6.20 Å². The van der Waals surface area contributed by atoms with Crippen LogP contribution in [0.2, 0.25) is 0 Å². The number of nitrogen functional groups attached to an aromatic ring is 1. The van der Waals surface area contributed by atoms with Gasteiger partial charge in [0.15, 0.2) is 19.8 Å². The third-order valence-corrected chi connectivity index (χ3v) is 5.50. The average Bonchev–Trinajstić information content (AvgIpc) is 2.62. The number of anilines is 2. The number of aromatic nitrogens is 3. The van der Waals surface area contributed by atoms with E-state index in [2.05, 4.69) is 15.0 Å². The first-order valence-electron chi connectivity index (χ1n) is 5.88. The summed E-state index contributed by atoms with van der Waals surface area (Å²) in [5, 5.41) is 0.458. The van der Waals surface area contributed by atoms with Gasteiger partial charge in [0.1, 0.15) is 5.52 Å². The van der Waals surface area contributed by atoms with E-state index >= 15 is 0 Å². The summed E-state index contributed by atoms with van der Waals surface area (Å²) in [4.78, 5) is 15.4. The van der Waals surface area contributed by atoms with Gasteiger partial charge in [-0.15, -0.1) is 0 Å². The van der Waals surface area contributed by atoms with Crippen molar-refractivity contribution in [1.29, 1.82) is 0 Å². The first-order chi connectivity index (χ1) is 9.03. The Hall–Kier alpha value is -1.48. The second-order valence-corrected chi connectivity index (χ2v) is 7.72. The van der Waals surface area contributed by atoms with E-state index in [1.54, 1.807) is 6.20 Å². The summed E-state index contributed by atoms with van der Waals surface area (Å²) < 4.78 is 23.1. The Morgan fingerprint density at radius 2 is 2.11 bits per heavy atom. The molecule has 0 amide bonds. The lowest BCUT2D eigenvalue weighted by Gasteiger charge is -2.18. The van der Waals surface area contributed by atoms with Gasteiger partial charge in [-0.3, -0.25) is 0 Å². The number of hydrogen-bond acceptors (Lipinski definition) is 8. The summed E-state index contributed by atoms with van der Waals surface area (Å²) in [5.41, 5.74) is 6.30. The van der Waals surface area contributed by atoms with E-state index in [9.17, 15) is 8.42 Å². The molecule has 1 aliphatic heterocycles. The molecule has 0 aliphatic carbocycles. The van der Waals surface area contributed by atoms with E-state index in [4.69, 9.17) is 5.73 Å². The maximum absolute atomic E-state index is 11.6. The lowest BCUT2D eigenvalue weighted by Crippen LogP contribution is -2.28. The summed E-state index contributed by atoms with van der Waals surface area (Å²) in [6.45, 7) is 1.08. The van der Waals surface area contributed by atoms with Gasteiger partial charge in [-0.25, -0.2) is 18.4 Å². The van der Waals surface area contributed by atoms with Gasteiger partial charge < -0.3 is 10.6 Å². The summed E-state index contributed by atoms with van der Waals surface area (Å²) in [6.07, 6.45) is 2.23. The Kier molecular flexibility index (Phi) is 3.02. The summed E-state index contributed by atoms with van der Waals surface area (Å²) >= 11 is 1.31. The molecule has 7 nitrogen and oxygen atoms in total. The van der Waals surface area contributed by atoms with Gasteiger partial charge in [-0.2, -0.15) is 4.98 Å². The van der Waals surface area contributed by atoms with Crippen LogP contribution in [0.25, 0.3) is 10.3 Å². The van der Waals surface area contributed by atoms with Crippen molar-refractivity contribution >= 4 is 42.6 Å². The van der Waals surface area contributed by atoms with Gasteiger partial charge in [-0.1, -0.05) is 11.3 Å². The second kappa shape index (κ2) is 4.57. The Labute approximate surface area is 114 Å². The zero-order valence-electron chi connectivity index (χ0n) is 10.1. The van der Waals surface area contributed by atoms with Crippen LogP contribution in [0.5, 0.6) is 0 Å². The summed E-state index contributed by atoms with van der Waals surface area (Å²) in [5.74, 6) is 0.937. The molecule has 1 saturated heterocycles. The summed E-state index contributed by atoms with van der Waals surface area (Å²) in [7, 11) is -2.93. The molecular formula is C10H13N5O2S2. The number of hydrogen-bond donors (Lipinski definition) is 1. The molecule has 0 radical (unpaired) electrons. The molecule has 2 aromatic rings. The molecule has 0 unspecified atom stereocenters. The fourth-order valence-electron chi connectivity index (χ4n) is 2.03. The van der Waals surface area contributed by atoms with Crippen LogP contribution in [0.4, 0.5) is 11.1 Å². The Bertz CT molecular complexity index is 712.